The van der Waals surface area contributed by atoms with Crippen molar-refractivity contribution in [2.45, 2.75) is 13.5 Å². The first-order valence-electron chi connectivity index (χ1n) is 5.74. The molecule has 2 aromatic rings. The van der Waals surface area contributed by atoms with Gasteiger partial charge in [0, 0.05) is 8.04 Å². The average Bonchev–Trinajstić information content (AvgIpc) is 2.42. The normalized spacial score (nSPS) is 10.3. The molecule has 0 amide bonds. The van der Waals surface area contributed by atoms with Gasteiger partial charge in [0.15, 0.2) is 0 Å². The van der Waals surface area contributed by atoms with E-state index in [4.69, 9.17) is 4.74 Å². The fourth-order valence-electron chi connectivity index (χ4n) is 1.65. The highest BCUT2D eigenvalue weighted by Crippen LogP contribution is 2.24. The van der Waals surface area contributed by atoms with Crippen molar-refractivity contribution in [3.63, 3.8) is 0 Å². The van der Waals surface area contributed by atoms with Crippen molar-refractivity contribution < 1.29 is 9.53 Å². The predicted octanol–water partition coefficient (Wildman–Crippen LogP) is 4.72. The zero-order chi connectivity index (χ0) is 13.8. The van der Waals surface area contributed by atoms with Crippen LogP contribution in [0.3, 0.4) is 0 Å². The number of carbonyl (C=O) groups is 1. The van der Waals surface area contributed by atoms with Gasteiger partial charge in [-0.25, -0.2) is 4.79 Å². The third kappa shape index (κ3) is 3.79. The van der Waals surface area contributed by atoms with Gasteiger partial charge in [-0.1, -0.05) is 30.3 Å². The van der Waals surface area contributed by atoms with Gasteiger partial charge in [0.1, 0.15) is 6.61 Å². The summed E-state index contributed by atoms with van der Waals surface area (Å²) < 4.78 is 7.33. The zero-order valence-corrected chi connectivity index (χ0v) is 14.1. The summed E-state index contributed by atoms with van der Waals surface area (Å²) in [6.45, 7) is 2.27. The average molecular weight is 431 g/mol. The minimum Gasteiger partial charge on any atom is -0.457 e. The minimum atomic E-state index is -0.302. The molecular formula is C15H12BrIO2. The molecule has 0 atom stereocenters. The van der Waals surface area contributed by atoms with Crippen LogP contribution < -0.4 is 0 Å². The Kier molecular flexibility index (Phi) is 4.99. The lowest BCUT2D eigenvalue weighted by Gasteiger charge is -2.08. The SMILES string of the molecule is Cc1cc(C(=O)OCc2ccccc2)cc(Br)c1I. The van der Waals surface area contributed by atoms with Crippen LogP contribution in [0.15, 0.2) is 46.9 Å². The van der Waals surface area contributed by atoms with E-state index in [0.717, 1.165) is 19.2 Å². The quantitative estimate of drug-likeness (QED) is 0.520. The lowest BCUT2D eigenvalue weighted by Crippen LogP contribution is -2.06. The fraction of sp³-hybridized carbons (Fsp3) is 0.133. The van der Waals surface area contributed by atoms with Gasteiger partial charge in [-0.2, -0.15) is 0 Å². The van der Waals surface area contributed by atoms with Gasteiger partial charge in [0.2, 0.25) is 0 Å². The van der Waals surface area contributed by atoms with Crippen LogP contribution in [0, 0.1) is 10.5 Å². The van der Waals surface area contributed by atoms with Crippen LogP contribution in [-0.2, 0) is 11.3 Å². The molecule has 0 aliphatic rings. The molecule has 0 heterocycles. The number of esters is 1. The van der Waals surface area contributed by atoms with Crippen molar-refractivity contribution in [3.8, 4) is 0 Å². The zero-order valence-electron chi connectivity index (χ0n) is 10.3. The second-order valence-electron chi connectivity index (χ2n) is 4.15. The number of carbonyl (C=O) groups excluding carboxylic acids is 1. The highest BCUT2D eigenvalue weighted by Gasteiger charge is 2.11. The van der Waals surface area contributed by atoms with Gasteiger partial charge in [0.05, 0.1) is 5.56 Å². The van der Waals surface area contributed by atoms with Gasteiger partial charge in [-0.15, -0.1) is 0 Å². The first-order chi connectivity index (χ1) is 9.08. The van der Waals surface area contributed by atoms with Crippen LogP contribution >= 0.6 is 38.5 Å². The maximum Gasteiger partial charge on any atom is 0.338 e. The summed E-state index contributed by atoms with van der Waals surface area (Å²) in [4.78, 5) is 12.0. The number of rotatable bonds is 3. The lowest BCUT2D eigenvalue weighted by molar-refractivity contribution is 0.0472. The Morgan fingerprint density at radius 1 is 1.26 bits per heavy atom. The summed E-state index contributed by atoms with van der Waals surface area (Å²) in [5.74, 6) is -0.302. The maximum atomic E-state index is 12.0. The number of benzene rings is 2. The lowest BCUT2D eigenvalue weighted by atomic mass is 10.1. The largest absolute Gasteiger partial charge is 0.457 e. The molecular weight excluding hydrogens is 419 g/mol. The van der Waals surface area contributed by atoms with Crippen molar-refractivity contribution in [3.05, 3.63) is 67.2 Å². The van der Waals surface area contributed by atoms with Gasteiger partial charge >= 0.3 is 5.97 Å². The number of hydrogen-bond acceptors (Lipinski definition) is 2. The summed E-state index contributed by atoms with van der Waals surface area (Å²) in [6, 6.07) is 13.3. The molecule has 0 aliphatic carbocycles. The highest BCUT2D eigenvalue weighted by atomic mass is 127. The highest BCUT2D eigenvalue weighted by molar-refractivity contribution is 14.1. The number of ether oxygens (including phenoxy) is 1. The second-order valence-corrected chi connectivity index (χ2v) is 6.08. The van der Waals surface area contributed by atoms with E-state index in [-0.39, 0.29) is 5.97 Å². The molecule has 98 valence electrons. The summed E-state index contributed by atoms with van der Waals surface area (Å²) >= 11 is 5.69. The summed E-state index contributed by atoms with van der Waals surface area (Å²) in [6.07, 6.45) is 0. The first-order valence-corrected chi connectivity index (χ1v) is 7.62. The molecule has 4 heteroatoms. The van der Waals surface area contributed by atoms with Gasteiger partial charge < -0.3 is 4.74 Å². The molecule has 0 radical (unpaired) electrons. The van der Waals surface area contributed by atoms with E-state index in [1.165, 1.54) is 0 Å². The van der Waals surface area contributed by atoms with E-state index in [0.29, 0.717) is 12.2 Å². The van der Waals surface area contributed by atoms with Gasteiger partial charge in [-0.05, 0) is 68.7 Å². The molecule has 0 saturated heterocycles. The fourth-order valence-corrected chi connectivity index (χ4v) is 2.52. The van der Waals surface area contributed by atoms with Crippen LogP contribution in [0.2, 0.25) is 0 Å². The number of halogens is 2. The summed E-state index contributed by atoms with van der Waals surface area (Å²) in [5, 5.41) is 0. The van der Waals surface area contributed by atoms with Crippen LogP contribution in [-0.4, -0.2) is 5.97 Å². The molecule has 0 fully saturated rings. The Bertz CT molecular complexity index is 573. The number of aryl methyl sites for hydroxylation is 1. The topological polar surface area (TPSA) is 26.3 Å². The van der Waals surface area contributed by atoms with E-state index in [2.05, 4.69) is 38.5 Å². The molecule has 0 spiro atoms. The Balaban J connectivity index is 2.08. The maximum absolute atomic E-state index is 12.0. The van der Waals surface area contributed by atoms with Crippen LogP contribution in [0.5, 0.6) is 0 Å². The standard InChI is InChI=1S/C15H12BrIO2/c1-10-7-12(8-13(16)14(10)17)15(18)19-9-11-5-3-2-4-6-11/h2-8H,9H2,1H3. The Hall–Kier alpha value is -0.880. The van der Waals surface area contributed by atoms with Crippen LogP contribution in [0.25, 0.3) is 0 Å². The molecule has 2 aromatic carbocycles. The molecule has 19 heavy (non-hydrogen) atoms. The van der Waals surface area contributed by atoms with Crippen molar-refractivity contribution in [1.29, 1.82) is 0 Å². The van der Waals surface area contributed by atoms with Gasteiger partial charge in [-0.3, -0.25) is 0 Å². The molecule has 0 bridgehead atoms. The Morgan fingerprint density at radius 3 is 2.58 bits per heavy atom. The van der Waals surface area contributed by atoms with E-state index in [1.807, 2.05) is 43.3 Å². The molecule has 0 saturated carbocycles. The van der Waals surface area contributed by atoms with Crippen molar-refractivity contribution in [2.24, 2.45) is 0 Å². The minimum absolute atomic E-state index is 0.294. The van der Waals surface area contributed by atoms with E-state index in [9.17, 15) is 4.79 Å². The summed E-state index contributed by atoms with van der Waals surface area (Å²) in [7, 11) is 0. The third-order valence-electron chi connectivity index (χ3n) is 2.66. The van der Waals surface area contributed by atoms with Crippen LogP contribution in [0.1, 0.15) is 21.5 Å². The predicted molar refractivity (Wildman–Crippen MR) is 87.2 cm³/mol. The molecule has 0 N–H and O–H groups in total. The second kappa shape index (κ2) is 6.52. The van der Waals surface area contributed by atoms with Crippen LogP contribution in [0.4, 0.5) is 0 Å². The molecule has 2 nitrogen and oxygen atoms in total. The molecule has 0 aliphatic heterocycles. The van der Waals surface area contributed by atoms with E-state index >= 15 is 0 Å². The van der Waals surface area contributed by atoms with Crippen molar-refractivity contribution in [1.82, 2.24) is 0 Å². The molecule has 0 aromatic heterocycles. The number of hydrogen-bond donors (Lipinski definition) is 0. The van der Waals surface area contributed by atoms with Gasteiger partial charge in [0.25, 0.3) is 0 Å². The third-order valence-corrected chi connectivity index (χ3v) is 5.46. The molecule has 0 unspecified atom stereocenters. The first kappa shape index (κ1) is 14.5. The van der Waals surface area contributed by atoms with Crippen molar-refractivity contribution in [2.75, 3.05) is 0 Å². The van der Waals surface area contributed by atoms with E-state index < -0.39 is 0 Å². The smallest absolute Gasteiger partial charge is 0.338 e. The summed E-state index contributed by atoms with van der Waals surface area (Å²) in [5.41, 5.74) is 2.61. The monoisotopic (exact) mass is 430 g/mol. The Morgan fingerprint density at radius 2 is 1.95 bits per heavy atom. The van der Waals surface area contributed by atoms with Crippen molar-refractivity contribution >= 4 is 44.5 Å². The Labute approximate surface area is 134 Å². The van der Waals surface area contributed by atoms with E-state index in [1.54, 1.807) is 6.07 Å². The molecule has 2 rings (SSSR count).